The minimum absolute atomic E-state index is 0.0313. The van der Waals surface area contributed by atoms with Gasteiger partial charge in [0.15, 0.2) is 10.6 Å². The van der Waals surface area contributed by atoms with Gasteiger partial charge in [-0.15, -0.1) is 0 Å². The molecule has 0 radical (unpaired) electrons. The molecule has 0 aliphatic rings. The molecule has 0 aliphatic carbocycles. The number of nitrogens with one attached hydrogen (secondary N) is 2. The lowest BCUT2D eigenvalue weighted by Gasteiger charge is -2.09. The van der Waals surface area contributed by atoms with E-state index in [1.165, 1.54) is 0 Å². The lowest BCUT2D eigenvalue weighted by atomic mass is 10.2. The molecule has 2 aromatic carbocycles. The van der Waals surface area contributed by atoms with E-state index in [0.29, 0.717) is 16.3 Å². The van der Waals surface area contributed by atoms with E-state index in [0.717, 1.165) is 22.2 Å². The number of pyridine rings is 1. The number of methoxy groups -OCH3 is 1. The number of H-pyrrole nitrogens is 1. The first kappa shape index (κ1) is 17.9. The summed E-state index contributed by atoms with van der Waals surface area (Å²) in [4.78, 5) is 16.9. The second kappa shape index (κ2) is 7.61. The minimum Gasteiger partial charge on any atom is -0.497 e. The molecule has 4 rings (SSSR count). The van der Waals surface area contributed by atoms with E-state index >= 15 is 0 Å². The average molecular weight is 391 g/mol. The summed E-state index contributed by atoms with van der Waals surface area (Å²) >= 11 is 5.30. The lowest BCUT2D eigenvalue weighted by molar-refractivity contribution is -0.116. The largest absolute Gasteiger partial charge is 0.497 e. The number of para-hydroxylation sites is 1. The number of hydrogen-bond acceptors (Lipinski definition) is 5. The van der Waals surface area contributed by atoms with Gasteiger partial charge in [-0.1, -0.05) is 18.2 Å². The lowest BCUT2D eigenvalue weighted by Crippen LogP contribution is -2.19. The Morgan fingerprint density at radius 1 is 1.21 bits per heavy atom. The number of ether oxygens (including phenoxy) is 1. The number of hydrogen-bond donors (Lipinski definition) is 2. The van der Waals surface area contributed by atoms with Crippen molar-refractivity contribution in [3.05, 3.63) is 65.6 Å². The van der Waals surface area contributed by atoms with Gasteiger partial charge in [-0.3, -0.25) is 19.4 Å². The van der Waals surface area contributed by atoms with E-state index < -0.39 is 0 Å². The van der Waals surface area contributed by atoms with E-state index in [9.17, 15) is 4.79 Å². The highest BCUT2D eigenvalue weighted by Gasteiger charge is 2.13. The summed E-state index contributed by atoms with van der Waals surface area (Å²) in [6, 6.07) is 17.0. The summed E-state index contributed by atoms with van der Waals surface area (Å²) in [6.45, 7) is 0.0313. The second-order valence-corrected chi connectivity index (χ2v) is 6.52. The van der Waals surface area contributed by atoms with Crippen LogP contribution in [0.3, 0.4) is 0 Å². The number of carbonyl (C=O) groups is 1. The summed E-state index contributed by atoms with van der Waals surface area (Å²) in [6.07, 6.45) is 1.64. The maximum Gasteiger partial charge on any atom is 0.244 e. The molecule has 0 atom stereocenters. The molecular weight excluding hydrogens is 374 g/mol. The van der Waals surface area contributed by atoms with Crippen LogP contribution in [0.5, 0.6) is 5.75 Å². The van der Waals surface area contributed by atoms with Crippen molar-refractivity contribution in [3.63, 3.8) is 0 Å². The SMILES string of the molecule is COc1ccc(-c2n[nH]c(=S)n2CC(=O)Nc2cnc3ccccc3c2)cc1. The fourth-order valence-electron chi connectivity index (χ4n) is 2.91. The Hall–Kier alpha value is -3.52. The Morgan fingerprint density at radius 2 is 2.00 bits per heavy atom. The molecule has 0 fully saturated rings. The van der Waals surface area contributed by atoms with Gasteiger partial charge >= 0.3 is 0 Å². The van der Waals surface area contributed by atoms with Crippen molar-refractivity contribution in [2.24, 2.45) is 0 Å². The molecule has 0 aliphatic heterocycles. The highest BCUT2D eigenvalue weighted by molar-refractivity contribution is 7.71. The topological polar surface area (TPSA) is 84.8 Å². The van der Waals surface area contributed by atoms with Crippen LogP contribution in [-0.4, -0.2) is 32.8 Å². The summed E-state index contributed by atoms with van der Waals surface area (Å²) in [5, 5.41) is 10.8. The van der Waals surface area contributed by atoms with Crippen molar-refractivity contribution in [1.82, 2.24) is 19.7 Å². The van der Waals surface area contributed by atoms with Gasteiger partial charge in [-0.05, 0) is 48.6 Å². The van der Waals surface area contributed by atoms with Crippen molar-refractivity contribution in [1.29, 1.82) is 0 Å². The number of nitrogens with zero attached hydrogens (tertiary/aromatic N) is 3. The molecule has 0 spiro atoms. The van der Waals surface area contributed by atoms with Crippen LogP contribution >= 0.6 is 12.2 Å². The van der Waals surface area contributed by atoms with Gasteiger partial charge < -0.3 is 10.1 Å². The fraction of sp³-hybridized carbons (Fsp3) is 0.100. The van der Waals surface area contributed by atoms with E-state index in [2.05, 4.69) is 20.5 Å². The van der Waals surface area contributed by atoms with Crippen molar-refractivity contribution < 1.29 is 9.53 Å². The van der Waals surface area contributed by atoms with Gasteiger partial charge in [0, 0.05) is 10.9 Å². The molecule has 28 heavy (non-hydrogen) atoms. The quantitative estimate of drug-likeness (QED) is 0.506. The third-order valence-electron chi connectivity index (χ3n) is 4.28. The van der Waals surface area contributed by atoms with Crippen LogP contribution in [-0.2, 0) is 11.3 Å². The van der Waals surface area contributed by atoms with Gasteiger partial charge in [-0.2, -0.15) is 5.10 Å². The number of benzene rings is 2. The van der Waals surface area contributed by atoms with Gasteiger partial charge in [0.1, 0.15) is 12.3 Å². The zero-order chi connectivity index (χ0) is 19.5. The summed E-state index contributed by atoms with van der Waals surface area (Å²) in [7, 11) is 1.61. The normalized spacial score (nSPS) is 10.8. The first-order chi connectivity index (χ1) is 13.6. The van der Waals surface area contributed by atoms with Crippen LogP contribution in [0.25, 0.3) is 22.3 Å². The van der Waals surface area contributed by atoms with Crippen LogP contribution in [0.4, 0.5) is 5.69 Å². The van der Waals surface area contributed by atoms with E-state index in [1.807, 2.05) is 54.6 Å². The van der Waals surface area contributed by atoms with Crippen molar-refractivity contribution in [2.75, 3.05) is 12.4 Å². The third-order valence-corrected chi connectivity index (χ3v) is 4.59. The van der Waals surface area contributed by atoms with Crippen molar-refractivity contribution in [2.45, 2.75) is 6.54 Å². The summed E-state index contributed by atoms with van der Waals surface area (Å²) < 4.78 is 7.20. The molecule has 7 nitrogen and oxygen atoms in total. The zero-order valence-electron chi connectivity index (χ0n) is 15.0. The molecule has 0 unspecified atom stereocenters. The number of aromatic amines is 1. The summed E-state index contributed by atoms with van der Waals surface area (Å²) in [5.41, 5.74) is 2.33. The molecule has 0 saturated heterocycles. The summed E-state index contributed by atoms with van der Waals surface area (Å²) in [5.74, 6) is 1.11. The van der Waals surface area contributed by atoms with Crippen LogP contribution in [0.1, 0.15) is 0 Å². The molecule has 2 aromatic heterocycles. The molecule has 0 bridgehead atoms. The van der Waals surface area contributed by atoms with E-state index in [1.54, 1.807) is 17.9 Å². The Kier molecular flexibility index (Phi) is 4.86. The Labute approximate surface area is 166 Å². The molecule has 1 amide bonds. The number of anilines is 1. The molecule has 2 heterocycles. The Balaban J connectivity index is 1.55. The molecular formula is C20H17N5O2S. The van der Waals surface area contributed by atoms with Crippen LogP contribution in [0, 0.1) is 4.77 Å². The third kappa shape index (κ3) is 3.63. The van der Waals surface area contributed by atoms with Crippen molar-refractivity contribution in [3.8, 4) is 17.1 Å². The van der Waals surface area contributed by atoms with Crippen LogP contribution in [0.2, 0.25) is 0 Å². The zero-order valence-corrected chi connectivity index (χ0v) is 15.9. The van der Waals surface area contributed by atoms with Gasteiger partial charge in [0.25, 0.3) is 0 Å². The molecule has 0 saturated carbocycles. The van der Waals surface area contributed by atoms with E-state index in [4.69, 9.17) is 17.0 Å². The number of rotatable bonds is 5. The average Bonchev–Trinajstić information content (AvgIpc) is 3.08. The van der Waals surface area contributed by atoms with Crippen LogP contribution in [0.15, 0.2) is 60.8 Å². The highest BCUT2D eigenvalue weighted by atomic mass is 32.1. The smallest absolute Gasteiger partial charge is 0.244 e. The van der Waals surface area contributed by atoms with Gasteiger partial charge in [-0.25, -0.2) is 0 Å². The predicted molar refractivity (Wildman–Crippen MR) is 110 cm³/mol. The fourth-order valence-corrected chi connectivity index (χ4v) is 3.11. The first-order valence-electron chi connectivity index (χ1n) is 8.58. The number of aromatic nitrogens is 4. The maximum absolute atomic E-state index is 12.6. The monoisotopic (exact) mass is 391 g/mol. The Bertz CT molecular complexity index is 1200. The highest BCUT2D eigenvalue weighted by Crippen LogP contribution is 2.21. The molecule has 8 heteroatoms. The molecule has 4 aromatic rings. The Morgan fingerprint density at radius 3 is 2.79 bits per heavy atom. The number of fused-ring (bicyclic) bond motifs is 1. The number of amides is 1. The maximum atomic E-state index is 12.6. The van der Waals surface area contributed by atoms with E-state index in [-0.39, 0.29) is 12.5 Å². The number of carbonyl (C=O) groups excluding carboxylic acids is 1. The second-order valence-electron chi connectivity index (χ2n) is 6.13. The predicted octanol–water partition coefficient (Wildman–Crippen LogP) is 3.80. The first-order valence-corrected chi connectivity index (χ1v) is 8.99. The standard InChI is InChI=1S/C20H17N5O2S/c1-27-16-8-6-13(7-9-16)19-23-24-20(28)25(19)12-18(26)22-15-10-14-4-2-3-5-17(14)21-11-15/h2-11H,12H2,1H3,(H,22,26)(H,24,28). The minimum atomic E-state index is -0.218. The van der Waals surface area contributed by atoms with Crippen molar-refractivity contribution >= 4 is 34.7 Å². The van der Waals surface area contributed by atoms with Gasteiger partial charge in [0.2, 0.25) is 5.91 Å². The molecule has 2 N–H and O–H groups in total. The van der Waals surface area contributed by atoms with Gasteiger partial charge in [0.05, 0.1) is 24.5 Å². The molecule has 140 valence electrons. The van der Waals surface area contributed by atoms with Crippen LogP contribution < -0.4 is 10.1 Å².